The Morgan fingerprint density at radius 1 is 1.35 bits per heavy atom. The molecule has 3 nitrogen and oxygen atoms in total. The van der Waals surface area contributed by atoms with Crippen LogP contribution in [0.5, 0.6) is 0 Å². The van der Waals surface area contributed by atoms with Crippen LogP contribution in [0.15, 0.2) is 36.7 Å². The van der Waals surface area contributed by atoms with E-state index in [2.05, 4.69) is 6.92 Å². The summed E-state index contributed by atoms with van der Waals surface area (Å²) in [7, 11) is 0. The fourth-order valence-electron chi connectivity index (χ4n) is 2.12. The minimum absolute atomic E-state index is 0.0860. The van der Waals surface area contributed by atoms with Crippen molar-refractivity contribution in [2.24, 2.45) is 5.73 Å². The van der Waals surface area contributed by atoms with E-state index in [4.69, 9.17) is 11.0 Å². The van der Waals surface area contributed by atoms with Crippen molar-refractivity contribution in [3.63, 3.8) is 0 Å². The van der Waals surface area contributed by atoms with E-state index in [1.54, 1.807) is 12.1 Å². The van der Waals surface area contributed by atoms with Crippen molar-refractivity contribution in [2.45, 2.75) is 32.4 Å². The van der Waals surface area contributed by atoms with Gasteiger partial charge in [0.2, 0.25) is 0 Å². The highest BCUT2D eigenvalue weighted by Crippen LogP contribution is 2.12. The molecule has 104 valence electrons. The molecule has 0 aliphatic heterocycles. The number of benzene rings is 1. The smallest absolute Gasteiger partial charge is 0.140 e. The van der Waals surface area contributed by atoms with Crippen LogP contribution in [0.4, 0.5) is 4.39 Å². The molecule has 0 fully saturated rings. The number of hydrogen-bond donors (Lipinski definition) is 1. The van der Waals surface area contributed by atoms with Crippen LogP contribution in [0.2, 0.25) is 0 Å². The maximum absolute atomic E-state index is 13.3. The lowest BCUT2D eigenvalue weighted by atomic mass is 10.1. The molecule has 20 heavy (non-hydrogen) atoms. The Kier molecular flexibility index (Phi) is 4.54. The van der Waals surface area contributed by atoms with Gasteiger partial charge in [0.25, 0.3) is 0 Å². The molecule has 1 aromatic heterocycles. The predicted molar refractivity (Wildman–Crippen MR) is 76.6 cm³/mol. The Hall–Kier alpha value is -2.12. The van der Waals surface area contributed by atoms with Crippen molar-refractivity contribution in [2.75, 3.05) is 0 Å². The van der Waals surface area contributed by atoms with Gasteiger partial charge in [-0.25, -0.2) is 4.39 Å². The zero-order chi connectivity index (χ0) is 14.5. The molecule has 2 rings (SSSR count). The summed E-state index contributed by atoms with van der Waals surface area (Å²) in [6.07, 6.45) is 5.84. The van der Waals surface area contributed by atoms with Crippen molar-refractivity contribution in [3.8, 4) is 6.07 Å². The average molecular weight is 271 g/mol. The van der Waals surface area contributed by atoms with Gasteiger partial charge in [-0.15, -0.1) is 0 Å². The van der Waals surface area contributed by atoms with Crippen LogP contribution in [0, 0.1) is 17.1 Å². The average Bonchev–Trinajstić information content (AvgIpc) is 2.88. The summed E-state index contributed by atoms with van der Waals surface area (Å²) in [6, 6.07) is 8.72. The highest BCUT2D eigenvalue weighted by atomic mass is 19.1. The zero-order valence-electron chi connectivity index (χ0n) is 11.5. The molecule has 2 N–H and O–H groups in total. The van der Waals surface area contributed by atoms with E-state index in [1.165, 1.54) is 11.6 Å². The molecule has 0 spiro atoms. The van der Waals surface area contributed by atoms with Crippen LogP contribution < -0.4 is 5.73 Å². The van der Waals surface area contributed by atoms with Gasteiger partial charge in [-0.1, -0.05) is 13.0 Å². The molecule has 4 heteroatoms. The Morgan fingerprint density at radius 2 is 2.15 bits per heavy atom. The van der Waals surface area contributed by atoms with E-state index in [0.29, 0.717) is 6.54 Å². The number of rotatable bonds is 5. The van der Waals surface area contributed by atoms with Crippen molar-refractivity contribution in [1.29, 1.82) is 5.26 Å². The largest absolute Gasteiger partial charge is 0.350 e. The van der Waals surface area contributed by atoms with E-state index in [9.17, 15) is 4.39 Å². The third kappa shape index (κ3) is 3.46. The third-order valence-corrected chi connectivity index (χ3v) is 3.35. The second-order valence-electron chi connectivity index (χ2n) is 4.99. The minimum Gasteiger partial charge on any atom is -0.350 e. The summed E-state index contributed by atoms with van der Waals surface area (Å²) in [5.74, 6) is -0.474. The standard InChI is InChI=1S/C16H18FN3/c1-2-15(19)8-13-5-6-20(11-13)10-12-3-4-16(17)14(7-12)9-18/h3-7,11,15H,2,8,10,19H2,1H3. The first-order chi connectivity index (χ1) is 9.62. The minimum atomic E-state index is -0.474. The molecule has 2 aromatic rings. The lowest BCUT2D eigenvalue weighted by molar-refractivity contribution is 0.622. The summed E-state index contributed by atoms with van der Waals surface area (Å²) in [5.41, 5.74) is 8.12. The summed E-state index contributed by atoms with van der Waals surface area (Å²) in [5, 5.41) is 8.83. The van der Waals surface area contributed by atoms with E-state index in [1.807, 2.05) is 29.1 Å². The Labute approximate surface area is 118 Å². The van der Waals surface area contributed by atoms with E-state index in [0.717, 1.165) is 18.4 Å². The topological polar surface area (TPSA) is 54.7 Å². The molecular formula is C16H18FN3. The molecular weight excluding hydrogens is 253 g/mol. The van der Waals surface area contributed by atoms with Gasteiger partial charge < -0.3 is 10.3 Å². The number of halogens is 1. The summed E-state index contributed by atoms with van der Waals surface area (Å²) >= 11 is 0. The highest BCUT2D eigenvalue weighted by Gasteiger charge is 2.05. The SMILES string of the molecule is CCC(N)Cc1ccn(Cc2ccc(F)c(C#N)c2)c1. The summed E-state index contributed by atoms with van der Waals surface area (Å²) in [6.45, 7) is 2.69. The summed E-state index contributed by atoms with van der Waals surface area (Å²) < 4.78 is 15.3. The van der Waals surface area contributed by atoms with Gasteiger partial charge in [0, 0.05) is 25.0 Å². The lowest BCUT2D eigenvalue weighted by Gasteiger charge is -2.06. The van der Waals surface area contributed by atoms with Crippen LogP contribution in [-0.2, 0) is 13.0 Å². The number of hydrogen-bond acceptors (Lipinski definition) is 2. The molecule has 1 heterocycles. The van der Waals surface area contributed by atoms with Crippen molar-refractivity contribution >= 4 is 0 Å². The van der Waals surface area contributed by atoms with Gasteiger partial charge in [-0.05, 0) is 42.2 Å². The van der Waals surface area contributed by atoms with Gasteiger partial charge >= 0.3 is 0 Å². The first-order valence-corrected chi connectivity index (χ1v) is 6.71. The Morgan fingerprint density at radius 3 is 2.85 bits per heavy atom. The molecule has 0 amide bonds. The van der Waals surface area contributed by atoms with Crippen molar-refractivity contribution < 1.29 is 4.39 Å². The number of aromatic nitrogens is 1. The fraction of sp³-hybridized carbons (Fsp3) is 0.312. The van der Waals surface area contributed by atoms with E-state index < -0.39 is 5.82 Å². The third-order valence-electron chi connectivity index (χ3n) is 3.35. The lowest BCUT2D eigenvalue weighted by Crippen LogP contribution is -2.21. The second kappa shape index (κ2) is 6.36. The van der Waals surface area contributed by atoms with Gasteiger partial charge in [0.1, 0.15) is 11.9 Å². The van der Waals surface area contributed by atoms with Crippen LogP contribution >= 0.6 is 0 Å². The van der Waals surface area contributed by atoms with E-state index in [-0.39, 0.29) is 11.6 Å². The van der Waals surface area contributed by atoms with Gasteiger partial charge in [-0.3, -0.25) is 0 Å². The second-order valence-corrected chi connectivity index (χ2v) is 4.99. The van der Waals surface area contributed by atoms with Crippen LogP contribution in [0.1, 0.15) is 30.0 Å². The maximum Gasteiger partial charge on any atom is 0.140 e. The first kappa shape index (κ1) is 14.3. The normalized spacial score (nSPS) is 12.1. The predicted octanol–water partition coefficient (Wildman–Crippen LogP) is 2.83. The summed E-state index contributed by atoms with van der Waals surface area (Å²) in [4.78, 5) is 0. The Bertz CT molecular complexity index is 625. The molecule has 0 aliphatic carbocycles. The molecule has 0 aliphatic rings. The number of nitrogens with zero attached hydrogens (tertiary/aromatic N) is 2. The number of nitriles is 1. The molecule has 0 radical (unpaired) electrons. The molecule has 1 atom stereocenters. The highest BCUT2D eigenvalue weighted by molar-refractivity contribution is 5.34. The van der Waals surface area contributed by atoms with Gasteiger partial charge in [-0.2, -0.15) is 5.26 Å². The van der Waals surface area contributed by atoms with Crippen molar-refractivity contribution in [3.05, 3.63) is 59.2 Å². The monoisotopic (exact) mass is 271 g/mol. The molecule has 0 saturated carbocycles. The maximum atomic E-state index is 13.3. The van der Waals surface area contributed by atoms with E-state index >= 15 is 0 Å². The zero-order valence-corrected chi connectivity index (χ0v) is 11.5. The van der Waals surface area contributed by atoms with Crippen LogP contribution in [0.25, 0.3) is 0 Å². The van der Waals surface area contributed by atoms with Crippen LogP contribution in [-0.4, -0.2) is 10.6 Å². The van der Waals surface area contributed by atoms with Crippen LogP contribution in [0.3, 0.4) is 0 Å². The Balaban J connectivity index is 2.09. The van der Waals surface area contributed by atoms with Crippen molar-refractivity contribution in [1.82, 2.24) is 4.57 Å². The number of nitrogens with two attached hydrogens (primary N) is 1. The molecule has 1 aromatic carbocycles. The molecule has 0 bridgehead atoms. The fourth-order valence-corrected chi connectivity index (χ4v) is 2.12. The first-order valence-electron chi connectivity index (χ1n) is 6.71. The van der Waals surface area contributed by atoms with Gasteiger partial charge in [0.05, 0.1) is 5.56 Å². The molecule has 0 saturated heterocycles. The molecule has 1 unspecified atom stereocenters. The quantitative estimate of drug-likeness (QED) is 0.909. The van der Waals surface area contributed by atoms with Gasteiger partial charge in [0.15, 0.2) is 0 Å².